The van der Waals surface area contributed by atoms with Gasteiger partial charge in [-0.3, -0.25) is 23.4 Å². The summed E-state index contributed by atoms with van der Waals surface area (Å²) in [6, 6.07) is 11.0. The van der Waals surface area contributed by atoms with Crippen LogP contribution in [-0.4, -0.2) is 41.4 Å². The molecular formula is C24H28N4O5S. The minimum Gasteiger partial charge on any atom is -0.343 e. The summed E-state index contributed by atoms with van der Waals surface area (Å²) in [4.78, 5) is 40.2. The van der Waals surface area contributed by atoms with Gasteiger partial charge in [-0.2, -0.15) is 0 Å². The Balaban J connectivity index is 1.67. The van der Waals surface area contributed by atoms with Crippen molar-refractivity contribution in [2.45, 2.75) is 44.0 Å². The van der Waals surface area contributed by atoms with Gasteiger partial charge in [-0.05, 0) is 62.1 Å². The van der Waals surface area contributed by atoms with Gasteiger partial charge >= 0.3 is 5.69 Å². The Bertz CT molecular complexity index is 1470. The summed E-state index contributed by atoms with van der Waals surface area (Å²) >= 11 is 0. The first kappa shape index (κ1) is 23.7. The molecular weight excluding hydrogens is 456 g/mol. The smallest absolute Gasteiger partial charge is 0.331 e. The minimum atomic E-state index is -3.96. The first-order valence-corrected chi connectivity index (χ1v) is 12.8. The van der Waals surface area contributed by atoms with Gasteiger partial charge in [0.2, 0.25) is 5.91 Å². The van der Waals surface area contributed by atoms with Crippen LogP contribution >= 0.6 is 0 Å². The molecule has 1 fully saturated rings. The predicted octanol–water partition coefficient (Wildman–Crippen LogP) is 2.21. The molecule has 0 bridgehead atoms. The maximum atomic E-state index is 13.2. The zero-order valence-electron chi connectivity index (χ0n) is 19.3. The standard InChI is InChI=1S/C24H28N4O5S/c1-17-7-6-8-18(15-17)25-34(32,33)19-9-10-21-20(16-19)23(30)28(24(31)26(21)2)14-11-22(29)27-12-4-3-5-13-27/h6-10,15-16,25H,3-5,11-14H2,1-2H3. The van der Waals surface area contributed by atoms with Crippen LogP contribution in [0.15, 0.2) is 56.9 Å². The number of hydrogen-bond donors (Lipinski definition) is 1. The number of carbonyl (C=O) groups is 1. The molecule has 0 spiro atoms. The molecule has 1 aliphatic rings. The van der Waals surface area contributed by atoms with Crippen LogP contribution in [0.2, 0.25) is 0 Å². The molecule has 4 rings (SSSR count). The highest BCUT2D eigenvalue weighted by atomic mass is 32.2. The molecule has 0 atom stereocenters. The number of hydrogen-bond acceptors (Lipinski definition) is 5. The molecule has 0 saturated carbocycles. The average molecular weight is 485 g/mol. The van der Waals surface area contributed by atoms with E-state index in [0.717, 1.165) is 29.4 Å². The van der Waals surface area contributed by atoms with Gasteiger partial charge in [0.1, 0.15) is 0 Å². The van der Waals surface area contributed by atoms with Crippen molar-refractivity contribution in [1.29, 1.82) is 0 Å². The van der Waals surface area contributed by atoms with Crippen LogP contribution in [-0.2, 0) is 28.4 Å². The zero-order chi connectivity index (χ0) is 24.5. The number of anilines is 1. The van der Waals surface area contributed by atoms with Crippen LogP contribution in [0.3, 0.4) is 0 Å². The molecule has 1 saturated heterocycles. The van der Waals surface area contributed by atoms with Gasteiger partial charge < -0.3 is 4.90 Å². The summed E-state index contributed by atoms with van der Waals surface area (Å²) < 4.78 is 30.7. The molecule has 10 heteroatoms. The maximum absolute atomic E-state index is 13.2. The molecule has 0 unspecified atom stereocenters. The van der Waals surface area contributed by atoms with Crippen molar-refractivity contribution in [2.24, 2.45) is 7.05 Å². The third-order valence-corrected chi connectivity index (χ3v) is 7.54. The van der Waals surface area contributed by atoms with Crippen LogP contribution in [0, 0.1) is 6.92 Å². The lowest BCUT2D eigenvalue weighted by atomic mass is 10.1. The number of aryl methyl sites for hydroxylation is 2. The van der Waals surface area contributed by atoms with Gasteiger partial charge in [0.15, 0.2) is 0 Å². The number of aromatic nitrogens is 2. The number of sulfonamides is 1. The van der Waals surface area contributed by atoms with Crippen LogP contribution in [0.4, 0.5) is 5.69 Å². The third-order valence-electron chi connectivity index (χ3n) is 6.16. The number of benzene rings is 2. The molecule has 1 amide bonds. The van der Waals surface area contributed by atoms with Gasteiger partial charge in [-0.25, -0.2) is 13.2 Å². The second-order valence-electron chi connectivity index (χ2n) is 8.64. The molecule has 9 nitrogen and oxygen atoms in total. The number of amides is 1. The quantitative estimate of drug-likeness (QED) is 0.577. The second-order valence-corrected chi connectivity index (χ2v) is 10.3. The normalized spacial score (nSPS) is 14.4. The number of likely N-dealkylation sites (tertiary alicyclic amines) is 1. The summed E-state index contributed by atoms with van der Waals surface area (Å²) in [6.45, 7) is 3.18. The fourth-order valence-corrected chi connectivity index (χ4v) is 5.37. The third kappa shape index (κ3) is 4.77. The van der Waals surface area contributed by atoms with Crippen LogP contribution in [0.1, 0.15) is 31.2 Å². The summed E-state index contributed by atoms with van der Waals surface area (Å²) in [5, 5.41) is 0.0969. The van der Waals surface area contributed by atoms with Gasteiger partial charge in [-0.1, -0.05) is 12.1 Å². The molecule has 0 radical (unpaired) electrons. The Morgan fingerprint density at radius 1 is 1.03 bits per heavy atom. The number of fused-ring (bicyclic) bond motifs is 1. The van der Waals surface area contributed by atoms with Gasteiger partial charge in [0.05, 0.1) is 15.8 Å². The fourth-order valence-electron chi connectivity index (χ4n) is 4.29. The van der Waals surface area contributed by atoms with E-state index in [-0.39, 0.29) is 29.2 Å². The van der Waals surface area contributed by atoms with E-state index in [1.54, 1.807) is 23.1 Å². The van der Waals surface area contributed by atoms with Crippen molar-refractivity contribution < 1.29 is 13.2 Å². The van der Waals surface area contributed by atoms with Gasteiger partial charge in [0.25, 0.3) is 15.6 Å². The van der Waals surface area contributed by atoms with Gasteiger partial charge in [0, 0.05) is 38.8 Å². The summed E-state index contributed by atoms with van der Waals surface area (Å²) in [7, 11) is -2.44. The predicted molar refractivity (Wildman–Crippen MR) is 130 cm³/mol. The molecule has 34 heavy (non-hydrogen) atoms. The molecule has 1 aromatic heterocycles. The van der Waals surface area contributed by atoms with E-state index >= 15 is 0 Å². The van der Waals surface area contributed by atoms with Crippen LogP contribution in [0.25, 0.3) is 10.9 Å². The molecule has 180 valence electrons. The first-order chi connectivity index (χ1) is 16.2. The minimum absolute atomic E-state index is 0.0353. The number of piperidine rings is 1. The van der Waals surface area contributed by atoms with Crippen LogP contribution < -0.4 is 16.0 Å². The highest BCUT2D eigenvalue weighted by molar-refractivity contribution is 7.92. The second kappa shape index (κ2) is 9.46. The molecule has 0 aliphatic carbocycles. The van der Waals surface area contributed by atoms with E-state index in [9.17, 15) is 22.8 Å². The summed E-state index contributed by atoms with van der Waals surface area (Å²) in [5.41, 5.74) is 0.475. The van der Waals surface area contributed by atoms with Crippen molar-refractivity contribution in [3.8, 4) is 0 Å². The zero-order valence-corrected chi connectivity index (χ0v) is 20.1. The number of carbonyl (C=O) groups excluding carboxylic acids is 1. The van der Waals surface area contributed by atoms with Crippen molar-refractivity contribution in [2.75, 3.05) is 17.8 Å². The Labute approximate surface area is 197 Å². The Morgan fingerprint density at radius 3 is 2.47 bits per heavy atom. The van der Waals surface area contributed by atoms with Gasteiger partial charge in [-0.15, -0.1) is 0 Å². The van der Waals surface area contributed by atoms with E-state index < -0.39 is 21.3 Å². The Morgan fingerprint density at radius 2 is 1.76 bits per heavy atom. The summed E-state index contributed by atoms with van der Waals surface area (Å²) in [6.07, 6.45) is 3.04. The lowest BCUT2D eigenvalue weighted by Crippen LogP contribution is -2.41. The van der Waals surface area contributed by atoms with Crippen molar-refractivity contribution in [1.82, 2.24) is 14.0 Å². The maximum Gasteiger partial charge on any atom is 0.331 e. The van der Waals surface area contributed by atoms with Crippen molar-refractivity contribution in [3.63, 3.8) is 0 Å². The largest absolute Gasteiger partial charge is 0.343 e. The Kier molecular flexibility index (Phi) is 6.60. The highest BCUT2D eigenvalue weighted by Crippen LogP contribution is 2.20. The Hall–Kier alpha value is -3.40. The molecule has 1 aliphatic heterocycles. The lowest BCUT2D eigenvalue weighted by molar-refractivity contribution is -0.132. The SMILES string of the molecule is Cc1cccc(NS(=O)(=O)c2ccc3c(c2)c(=O)n(CCC(=O)N2CCCCC2)c(=O)n3C)c1. The summed E-state index contributed by atoms with van der Waals surface area (Å²) in [5.74, 6) is -0.0903. The fraction of sp³-hybridized carbons (Fsp3) is 0.375. The molecule has 3 aromatic rings. The molecule has 1 N–H and O–H groups in total. The lowest BCUT2D eigenvalue weighted by Gasteiger charge is -2.26. The topological polar surface area (TPSA) is 110 Å². The first-order valence-electron chi connectivity index (χ1n) is 11.3. The number of nitrogens with one attached hydrogen (secondary N) is 1. The number of rotatable bonds is 6. The van der Waals surface area contributed by atoms with Crippen LogP contribution in [0.5, 0.6) is 0 Å². The van der Waals surface area contributed by atoms with Crippen molar-refractivity contribution in [3.05, 3.63) is 68.9 Å². The van der Waals surface area contributed by atoms with E-state index in [1.165, 1.54) is 29.8 Å². The average Bonchev–Trinajstić information content (AvgIpc) is 2.82. The van der Waals surface area contributed by atoms with E-state index in [0.29, 0.717) is 24.3 Å². The van der Waals surface area contributed by atoms with E-state index in [4.69, 9.17) is 0 Å². The monoisotopic (exact) mass is 484 g/mol. The van der Waals surface area contributed by atoms with E-state index in [2.05, 4.69) is 4.72 Å². The molecule has 2 aromatic carbocycles. The van der Waals surface area contributed by atoms with E-state index in [1.807, 2.05) is 13.0 Å². The highest BCUT2D eigenvalue weighted by Gasteiger charge is 2.20. The van der Waals surface area contributed by atoms with Crippen molar-refractivity contribution >= 4 is 32.5 Å². The molecule has 2 heterocycles. The number of nitrogens with zero attached hydrogens (tertiary/aromatic N) is 3.